The zero-order valence-electron chi connectivity index (χ0n) is 13.7. The van der Waals surface area contributed by atoms with Gasteiger partial charge in [0.2, 0.25) is 0 Å². The number of aromatic carboxylic acids is 1. The molecule has 1 fully saturated rings. The molecule has 130 valence electrons. The van der Waals surface area contributed by atoms with Gasteiger partial charge in [-0.3, -0.25) is 9.59 Å². The molecule has 1 aliphatic rings. The van der Waals surface area contributed by atoms with Gasteiger partial charge in [-0.1, -0.05) is 19.1 Å². The number of H-pyrrole nitrogens is 1. The molecule has 1 aromatic heterocycles. The molecule has 1 amide bonds. The molecule has 7 nitrogen and oxygen atoms in total. The summed E-state index contributed by atoms with van der Waals surface area (Å²) in [6.07, 6.45) is 0.0152. The molecule has 3 rings (SSSR count). The summed E-state index contributed by atoms with van der Waals surface area (Å²) in [5.41, 5.74) is 1.75. The van der Waals surface area contributed by atoms with Crippen LogP contribution in [0.15, 0.2) is 35.1 Å². The van der Waals surface area contributed by atoms with Crippen molar-refractivity contribution in [3.05, 3.63) is 51.8 Å². The van der Waals surface area contributed by atoms with Gasteiger partial charge in [-0.15, -0.1) is 0 Å². The number of nitrogens with one attached hydrogen (secondary N) is 1. The van der Waals surface area contributed by atoms with Crippen molar-refractivity contribution in [2.45, 2.75) is 25.9 Å². The van der Waals surface area contributed by atoms with Crippen molar-refractivity contribution < 1.29 is 19.8 Å². The summed E-state index contributed by atoms with van der Waals surface area (Å²) in [6.45, 7) is 2.34. The molecule has 7 heteroatoms. The van der Waals surface area contributed by atoms with E-state index in [0.29, 0.717) is 30.8 Å². The van der Waals surface area contributed by atoms with Crippen LogP contribution < -0.4 is 10.5 Å². The van der Waals surface area contributed by atoms with Crippen LogP contribution in [0.1, 0.15) is 29.3 Å². The molecule has 0 aliphatic carbocycles. The van der Waals surface area contributed by atoms with E-state index in [1.54, 1.807) is 24.3 Å². The van der Waals surface area contributed by atoms with Crippen molar-refractivity contribution in [1.82, 2.24) is 4.98 Å². The number of carboxylic acid groups (broad SMARTS) is 1. The Kier molecular flexibility index (Phi) is 4.41. The van der Waals surface area contributed by atoms with Gasteiger partial charge in [0.05, 0.1) is 5.69 Å². The third-order valence-corrected chi connectivity index (χ3v) is 4.38. The maximum absolute atomic E-state index is 12.0. The van der Waals surface area contributed by atoms with Gasteiger partial charge in [-0.05, 0) is 35.7 Å². The number of carbonyl (C=O) groups is 2. The number of anilines is 1. The molecule has 1 aliphatic heterocycles. The number of carbonyl (C=O) groups excluding carboxylic acids is 1. The smallest absolute Gasteiger partial charge is 0.341 e. The molecule has 0 spiro atoms. The lowest BCUT2D eigenvalue weighted by Gasteiger charge is -2.16. The maximum atomic E-state index is 12.0. The van der Waals surface area contributed by atoms with Crippen LogP contribution >= 0.6 is 0 Å². The standard InChI is InChI=1S/C18H18N2O5/c1-2-10-9-13(18(24)25)16(22)19-15(10)11-3-5-12(6-4-11)20-8-7-14(21)17(20)23/h3-6,9,14,21H,2,7-8H2,1H3,(H,19,22)(H,24,25)/t14-/m0/s1. The largest absolute Gasteiger partial charge is 0.477 e. The van der Waals surface area contributed by atoms with E-state index in [9.17, 15) is 19.5 Å². The zero-order chi connectivity index (χ0) is 18.1. The number of hydrogen-bond donors (Lipinski definition) is 3. The first-order valence-corrected chi connectivity index (χ1v) is 8.01. The van der Waals surface area contributed by atoms with Gasteiger partial charge in [0, 0.05) is 18.7 Å². The van der Waals surface area contributed by atoms with Crippen LogP contribution in [0, 0.1) is 0 Å². The summed E-state index contributed by atoms with van der Waals surface area (Å²) in [5.74, 6) is -1.58. The predicted octanol–water partition coefficient (Wildman–Crippen LogP) is 1.40. The number of nitrogens with zero attached hydrogens (tertiary/aromatic N) is 1. The van der Waals surface area contributed by atoms with Crippen molar-refractivity contribution in [3.63, 3.8) is 0 Å². The summed E-state index contributed by atoms with van der Waals surface area (Å²) in [4.78, 5) is 39.1. The Morgan fingerprint density at radius 1 is 1.28 bits per heavy atom. The Balaban J connectivity index is 1.98. The Morgan fingerprint density at radius 3 is 2.48 bits per heavy atom. The van der Waals surface area contributed by atoms with Gasteiger partial charge >= 0.3 is 5.97 Å². The van der Waals surface area contributed by atoms with Crippen LogP contribution in [0.25, 0.3) is 11.3 Å². The molecule has 0 radical (unpaired) electrons. The highest BCUT2D eigenvalue weighted by Gasteiger charge is 2.30. The van der Waals surface area contributed by atoms with Crippen molar-refractivity contribution in [3.8, 4) is 11.3 Å². The van der Waals surface area contributed by atoms with E-state index in [1.807, 2.05) is 6.92 Å². The van der Waals surface area contributed by atoms with Crippen LogP contribution in [-0.2, 0) is 11.2 Å². The first kappa shape index (κ1) is 16.9. The highest BCUT2D eigenvalue weighted by Crippen LogP contribution is 2.27. The van der Waals surface area contributed by atoms with Crippen molar-refractivity contribution in [2.24, 2.45) is 0 Å². The summed E-state index contributed by atoms with van der Waals surface area (Å²) in [6, 6.07) is 8.41. The van der Waals surface area contributed by atoms with E-state index < -0.39 is 17.6 Å². The van der Waals surface area contributed by atoms with E-state index in [2.05, 4.69) is 4.98 Å². The molecule has 0 bridgehead atoms. The van der Waals surface area contributed by atoms with Gasteiger partial charge in [-0.25, -0.2) is 4.79 Å². The topological polar surface area (TPSA) is 111 Å². The minimum Gasteiger partial charge on any atom is -0.477 e. The summed E-state index contributed by atoms with van der Waals surface area (Å²) in [5, 5.41) is 18.6. The van der Waals surface area contributed by atoms with Crippen LogP contribution in [0.3, 0.4) is 0 Å². The fourth-order valence-corrected chi connectivity index (χ4v) is 3.00. The Bertz CT molecular complexity index is 885. The molecule has 1 saturated heterocycles. The number of aliphatic hydroxyl groups excluding tert-OH is 1. The molecule has 0 unspecified atom stereocenters. The molecule has 3 N–H and O–H groups in total. The highest BCUT2D eigenvalue weighted by molar-refractivity contribution is 5.98. The second-order valence-electron chi connectivity index (χ2n) is 5.91. The third-order valence-electron chi connectivity index (χ3n) is 4.38. The van der Waals surface area contributed by atoms with Crippen LogP contribution in [0.5, 0.6) is 0 Å². The van der Waals surface area contributed by atoms with E-state index in [4.69, 9.17) is 5.11 Å². The minimum absolute atomic E-state index is 0.283. The van der Waals surface area contributed by atoms with Gasteiger partial charge in [0.15, 0.2) is 0 Å². The van der Waals surface area contributed by atoms with Crippen molar-refractivity contribution in [2.75, 3.05) is 11.4 Å². The number of aryl methyl sites for hydroxylation is 1. The number of amides is 1. The lowest BCUT2D eigenvalue weighted by atomic mass is 10.0. The second kappa shape index (κ2) is 6.52. The normalized spacial score (nSPS) is 17.1. The SMILES string of the molecule is CCc1cc(C(=O)O)c(=O)[nH]c1-c1ccc(N2CC[C@H](O)C2=O)cc1. The third kappa shape index (κ3) is 3.06. The number of benzene rings is 1. The maximum Gasteiger partial charge on any atom is 0.341 e. The lowest BCUT2D eigenvalue weighted by Crippen LogP contribution is -2.28. The Labute approximate surface area is 143 Å². The molecule has 2 aromatic rings. The average molecular weight is 342 g/mol. The lowest BCUT2D eigenvalue weighted by molar-refractivity contribution is -0.123. The number of aliphatic hydroxyl groups is 1. The Morgan fingerprint density at radius 2 is 1.96 bits per heavy atom. The van der Waals surface area contributed by atoms with Gasteiger partial charge in [-0.2, -0.15) is 0 Å². The molecule has 1 aromatic carbocycles. The first-order chi connectivity index (χ1) is 11.9. The van der Waals surface area contributed by atoms with E-state index in [1.165, 1.54) is 11.0 Å². The molecule has 1 atom stereocenters. The van der Waals surface area contributed by atoms with Crippen LogP contribution in [-0.4, -0.2) is 39.7 Å². The predicted molar refractivity (Wildman–Crippen MR) is 91.8 cm³/mol. The molecular formula is C18H18N2O5. The van der Waals surface area contributed by atoms with Gasteiger partial charge in [0.1, 0.15) is 11.7 Å². The summed E-state index contributed by atoms with van der Waals surface area (Å²) < 4.78 is 0. The monoisotopic (exact) mass is 342 g/mol. The molecular weight excluding hydrogens is 324 g/mol. The molecule has 2 heterocycles. The number of hydrogen-bond acceptors (Lipinski definition) is 4. The fraction of sp³-hybridized carbons (Fsp3) is 0.278. The van der Waals surface area contributed by atoms with Gasteiger partial charge < -0.3 is 20.1 Å². The van der Waals surface area contributed by atoms with Crippen LogP contribution in [0.2, 0.25) is 0 Å². The molecule has 25 heavy (non-hydrogen) atoms. The van der Waals surface area contributed by atoms with Crippen LogP contribution in [0.4, 0.5) is 5.69 Å². The number of aromatic nitrogens is 1. The van der Waals surface area contributed by atoms with Crippen molar-refractivity contribution in [1.29, 1.82) is 0 Å². The van der Waals surface area contributed by atoms with E-state index >= 15 is 0 Å². The summed E-state index contributed by atoms with van der Waals surface area (Å²) >= 11 is 0. The van der Waals surface area contributed by atoms with E-state index in [-0.39, 0.29) is 11.5 Å². The minimum atomic E-state index is -1.26. The first-order valence-electron chi connectivity index (χ1n) is 8.01. The number of carboxylic acids is 1. The number of pyridine rings is 1. The molecule has 0 saturated carbocycles. The van der Waals surface area contributed by atoms with E-state index in [0.717, 1.165) is 11.1 Å². The summed E-state index contributed by atoms with van der Waals surface area (Å²) in [7, 11) is 0. The second-order valence-corrected chi connectivity index (χ2v) is 5.91. The quantitative estimate of drug-likeness (QED) is 0.778. The van der Waals surface area contributed by atoms with Gasteiger partial charge in [0.25, 0.3) is 11.5 Å². The number of aromatic amines is 1. The average Bonchev–Trinajstić information content (AvgIpc) is 2.94. The highest BCUT2D eigenvalue weighted by atomic mass is 16.4. The zero-order valence-corrected chi connectivity index (χ0v) is 13.7. The van der Waals surface area contributed by atoms with Crippen molar-refractivity contribution >= 4 is 17.6 Å². The Hall–Kier alpha value is -2.93. The fourth-order valence-electron chi connectivity index (χ4n) is 3.00. The number of rotatable bonds is 4.